The second-order valence-corrected chi connectivity index (χ2v) is 4.88. The van der Waals surface area contributed by atoms with E-state index in [-0.39, 0.29) is 0 Å². The van der Waals surface area contributed by atoms with Crippen molar-refractivity contribution in [2.45, 2.75) is 25.9 Å². The van der Waals surface area contributed by atoms with Crippen molar-refractivity contribution in [2.24, 2.45) is 0 Å². The molecule has 0 fully saturated rings. The highest BCUT2D eigenvalue weighted by atomic mass is 35.5. The molecule has 18 heavy (non-hydrogen) atoms. The SMILES string of the molecule is Cc1cc(CCl)ccc1N1CCn2cnnc2C1. The lowest BCUT2D eigenvalue weighted by Crippen LogP contribution is -2.34. The van der Waals surface area contributed by atoms with Gasteiger partial charge in [0.2, 0.25) is 0 Å². The number of hydrogen-bond acceptors (Lipinski definition) is 3. The molecule has 5 heteroatoms. The van der Waals surface area contributed by atoms with Crippen LogP contribution in [0.4, 0.5) is 5.69 Å². The van der Waals surface area contributed by atoms with Crippen molar-refractivity contribution in [2.75, 3.05) is 11.4 Å². The van der Waals surface area contributed by atoms with E-state index in [1.807, 2.05) is 0 Å². The molecule has 0 radical (unpaired) electrons. The molecule has 1 aromatic heterocycles. The van der Waals surface area contributed by atoms with Crippen molar-refractivity contribution in [3.05, 3.63) is 41.5 Å². The molecule has 0 saturated carbocycles. The molecular formula is C13H15ClN4. The molecule has 0 saturated heterocycles. The van der Waals surface area contributed by atoms with Crippen molar-refractivity contribution in [1.29, 1.82) is 0 Å². The van der Waals surface area contributed by atoms with Gasteiger partial charge in [-0.2, -0.15) is 0 Å². The number of hydrogen-bond donors (Lipinski definition) is 0. The van der Waals surface area contributed by atoms with E-state index >= 15 is 0 Å². The summed E-state index contributed by atoms with van der Waals surface area (Å²) in [6, 6.07) is 6.40. The van der Waals surface area contributed by atoms with E-state index < -0.39 is 0 Å². The number of aromatic nitrogens is 3. The van der Waals surface area contributed by atoms with E-state index in [9.17, 15) is 0 Å². The Balaban J connectivity index is 1.88. The second kappa shape index (κ2) is 4.61. The molecule has 2 heterocycles. The molecule has 3 rings (SSSR count). The highest BCUT2D eigenvalue weighted by Crippen LogP contribution is 2.25. The van der Waals surface area contributed by atoms with Crippen molar-refractivity contribution in [3.8, 4) is 0 Å². The molecule has 2 aromatic rings. The first-order chi connectivity index (χ1) is 8.78. The summed E-state index contributed by atoms with van der Waals surface area (Å²) in [7, 11) is 0. The van der Waals surface area contributed by atoms with E-state index in [1.165, 1.54) is 11.3 Å². The van der Waals surface area contributed by atoms with Gasteiger partial charge in [-0.3, -0.25) is 0 Å². The zero-order valence-electron chi connectivity index (χ0n) is 10.3. The van der Waals surface area contributed by atoms with Crippen LogP contribution >= 0.6 is 11.6 Å². The van der Waals surface area contributed by atoms with Crippen LogP contribution in [0.2, 0.25) is 0 Å². The number of nitrogens with zero attached hydrogens (tertiary/aromatic N) is 4. The molecule has 0 amide bonds. The van der Waals surface area contributed by atoms with Gasteiger partial charge in [-0.15, -0.1) is 21.8 Å². The number of fused-ring (bicyclic) bond motifs is 1. The molecule has 1 aliphatic heterocycles. The van der Waals surface area contributed by atoms with Crippen molar-refractivity contribution in [1.82, 2.24) is 14.8 Å². The van der Waals surface area contributed by atoms with Crippen LogP contribution in [0.5, 0.6) is 0 Å². The van der Waals surface area contributed by atoms with Crippen LogP contribution in [0.3, 0.4) is 0 Å². The Labute approximate surface area is 111 Å². The van der Waals surface area contributed by atoms with Gasteiger partial charge in [0.1, 0.15) is 6.33 Å². The van der Waals surface area contributed by atoms with Crippen LogP contribution in [0, 0.1) is 6.92 Å². The lowest BCUT2D eigenvalue weighted by atomic mass is 10.1. The molecule has 0 bridgehead atoms. The van der Waals surface area contributed by atoms with Gasteiger partial charge in [0.05, 0.1) is 6.54 Å². The lowest BCUT2D eigenvalue weighted by Gasteiger charge is -2.30. The quantitative estimate of drug-likeness (QED) is 0.779. The third kappa shape index (κ3) is 1.97. The van der Waals surface area contributed by atoms with E-state index in [4.69, 9.17) is 11.6 Å². The zero-order valence-corrected chi connectivity index (χ0v) is 11.1. The largest absolute Gasteiger partial charge is 0.362 e. The second-order valence-electron chi connectivity index (χ2n) is 4.62. The van der Waals surface area contributed by atoms with Gasteiger partial charge in [-0.1, -0.05) is 12.1 Å². The molecule has 1 aliphatic rings. The van der Waals surface area contributed by atoms with Gasteiger partial charge < -0.3 is 9.47 Å². The summed E-state index contributed by atoms with van der Waals surface area (Å²) in [6.45, 7) is 4.89. The molecule has 94 valence electrons. The Morgan fingerprint density at radius 3 is 3.00 bits per heavy atom. The van der Waals surface area contributed by atoms with E-state index in [0.717, 1.165) is 31.0 Å². The third-order valence-corrected chi connectivity index (χ3v) is 3.70. The van der Waals surface area contributed by atoms with Gasteiger partial charge in [0.25, 0.3) is 0 Å². The first kappa shape index (κ1) is 11.5. The monoisotopic (exact) mass is 262 g/mol. The minimum atomic E-state index is 0.565. The highest BCUT2D eigenvalue weighted by molar-refractivity contribution is 6.17. The summed E-state index contributed by atoms with van der Waals surface area (Å²) < 4.78 is 2.11. The maximum Gasteiger partial charge on any atom is 0.152 e. The summed E-state index contributed by atoms with van der Waals surface area (Å²) in [5.41, 5.74) is 3.69. The predicted octanol–water partition coefficient (Wildman–Crippen LogP) is 2.35. The van der Waals surface area contributed by atoms with Crippen molar-refractivity contribution >= 4 is 17.3 Å². The molecule has 4 nitrogen and oxygen atoms in total. The Morgan fingerprint density at radius 2 is 2.22 bits per heavy atom. The Kier molecular flexibility index (Phi) is 2.96. The van der Waals surface area contributed by atoms with Crippen LogP contribution < -0.4 is 4.90 Å². The standard InChI is InChI=1S/C13H15ClN4/c1-10-6-11(7-14)2-3-12(10)17-4-5-18-9-15-16-13(18)8-17/h2-3,6,9H,4-5,7-8H2,1H3. The zero-order chi connectivity index (χ0) is 12.5. The van der Waals surface area contributed by atoms with E-state index in [1.54, 1.807) is 6.33 Å². The summed E-state index contributed by atoms with van der Waals surface area (Å²) in [5, 5.41) is 8.10. The van der Waals surface area contributed by atoms with Crippen LogP contribution in [0.1, 0.15) is 17.0 Å². The minimum absolute atomic E-state index is 0.565. The molecule has 0 N–H and O–H groups in total. The van der Waals surface area contributed by atoms with Crippen LogP contribution in [0.15, 0.2) is 24.5 Å². The number of alkyl halides is 1. The fourth-order valence-electron chi connectivity index (χ4n) is 2.43. The molecular weight excluding hydrogens is 248 g/mol. The summed E-state index contributed by atoms with van der Waals surface area (Å²) in [4.78, 5) is 2.34. The Bertz CT molecular complexity index is 564. The molecule has 0 unspecified atom stereocenters. The van der Waals surface area contributed by atoms with Crippen LogP contribution in [-0.2, 0) is 19.0 Å². The topological polar surface area (TPSA) is 34.0 Å². The van der Waals surface area contributed by atoms with Gasteiger partial charge in [0.15, 0.2) is 5.82 Å². The van der Waals surface area contributed by atoms with Gasteiger partial charge >= 0.3 is 0 Å². The smallest absolute Gasteiger partial charge is 0.152 e. The molecule has 0 aliphatic carbocycles. The van der Waals surface area contributed by atoms with E-state index in [2.05, 4.69) is 44.8 Å². The number of rotatable bonds is 2. The average molecular weight is 263 g/mol. The van der Waals surface area contributed by atoms with Gasteiger partial charge in [0, 0.05) is 24.7 Å². The van der Waals surface area contributed by atoms with Crippen LogP contribution in [-0.4, -0.2) is 21.3 Å². The normalized spacial score (nSPS) is 14.7. The van der Waals surface area contributed by atoms with Crippen molar-refractivity contribution < 1.29 is 0 Å². The first-order valence-corrected chi connectivity index (χ1v) is 6.58. The number of halogens is 1. The first-order valence-electron chi connectivity index (χ1n) is 6.05. The predicted molar refractivity (Wildman–Crippen MR) is 71.8 cm³/mol. The fraction of sp³-hybridized carbons (Fsp3) is 0.385. The van der Waals surface area contributed by atoms with Crippen molar-refractivity contribution in [3.63, 3.8) is 0 Å². The molecule has 0 atom stereocenters. The average Bonchev–Trinajstić information content (AvgIpc) is 2.85. The summed E-state index contributed by atoms with van der Waals surface area (Å²) in [5.74, 6) is 1.59. The van der Waals surface area contributed by atoms with Gasteiger partial charge in [-0.25, -0.2) is 0 Å². The minimum Gasteiger partial charge on any atom is -0.362 e. The molecule has 0 spiro atoms. The Hall–Kier alpha value is -1.55. The lowest BCUT2D eigenvalue weighted by molar-refractivity contribution is 0.559. The summed E-state index contributed by atoms with van der Waals surface area (Å²) in [6.07, 6.45) is 1.80. The number of anilines is 1. The fourth-order valence-corrected chi connectivity index (χ4v) is 2.59. The third-order valence-electron chi connectivity index (χ3n) is 3.40. The van der Waals surface area contributed by atoms with Gasteiger partial charge in [-0.05, 0) is 24.1 Å². The number of benzene rings is 1. The maximum atomic E-state index is 5.85. The molecule has 1 aromatic carbocycles. The maximum absolute atomic E-state index is 5.85. The Morgan fingerprint density at radius 1 is 1.33 bits per heavy atom. The highest BCUT2D eigenvalue weighted by Gasteiger charge is 2.18. The van der Waals surface area contributed by atoms with E-state index in [0.29, 0.717) is 5.88 Å². The summed E-state index contributed by atoms with van der Waals surface area (Å²) >= 11 is 5.85. The number of aryl methyl sites for hydroxylation is 1. The van der Waals surface area contributed by atoms with Crippen LogP contribution in [0.25, 0.3) is 0 Å².